The van der Waals surface area contributed by atoms with Gasteiger partial charge in [-0.05, 0) is 38.5 Å². The Morgan fingerprint density at radius 1 is 1.32 bits per heavy atom. The molecule has 1 saturated heterocycles. The lowest BCUT2D eigenvalue weighted by molar-refractivity contribution is -0.0163. The van der Waals surface area contributed by atoms with Crippen LogP contribution >= 0.6 is 0 Å². The Labute approximate surface area is 166 Å². The lowest BCUT2D eigenvalue weighted by Crippen LogP contribution is -2.47. The van der Waals surface area contributed by atoms with Crippen LogP contribution in [0.2, 0.25) is 0 Å². The Hall–Kier alpha value is -1.16. The van der Waals surface area contributed by atoms with Crippen molar-refractivity contribution < 1.29 is 17.5 Å². The fraction of sp³-hybridized carbons (Fsp3) is 0.789. The van der Waals surface area contributed by atoms with Gasteiger partial charge in [-0.15, -0.1) is 0 Å². The highest BCUT2D eigenvalue weighted by molar-refractivity contribution is 7.88. The highest BCUT2D eigenvalue weighted by Crippen LogP contribution is 2.42. The molecule has 0 unspecified atom stereocenters. The van der Waals surface area contributed by atoms with Crippen molar-refractivity contribution in [2.24, 2.45) is 5.92 Å². The van der Waals surface area contributed by atoms with Gasteiger partial charge in [0.25, 0.3) is 0 Å². The summed E-state index contributed by atoms with van der Waals surface area (Å²) < 4.78 is 45.3. The van der Waals surface area contributed by atoms with Crippen LogP contribution in [0.25, 0.3) is 0 Å². The number of hydrogen-bond donors (Lipinski definition) is 2. The predicted molar refractivity (Wildman–Crippen MR) is 105 cm³/mol. The van der Waals surface area contributed by atoms with Gasteiger partial charge in [-0.3, -0.25) is 0 Å². The first-order valence-electron chi connectivity index (χ1n) is 9.90. The van der Waals surface area contributed by atoms with Gasteiger partial charge in [0.2, 0.25) is 10.0 Å². The normalized spacial score (nSPS) is 36.5. The average Bonchev–Trinajstić information content (AvgIpc) is 2.94. The van der Waals surface area contributed by atoms with Crippen LogP contribution in [0.3, 0.4) is 0 Å². The Balaban J connectivity index is 1.56. The van der Waals surface area contributed by atoms with Crippen molar-refractivity contribution in [1.29, 1.82) is 0 Å². The van der Waals surface area contributed by atoms with Gasteiger partial charge in [0, 0.05) is 23.5 Å². The van der Waals surface area contributed by atoms with Gasteiger partial charge in [-0.1, -0.05) is 13.8 Å². The van der Waals surface area contributed by atoms with Gasteiger partial charge >= 0.3 is 0 Å². The van der Waals surface area contributed by atoms with E-state index < -0.39 is 15.8 Å². The van der Waals surface area contributed by atoms with Crippen LogP contribution in [0.15, 0.2) is 12.4 Å². The Morgan fingerprint density at radius 3 is 2.61 bits per heavy atom. The van der Waals surface area contributed by atoms with E-state index in [1.165, 1.54) is 18.6 Å². The molecule has 0 spiro atoms. The number of nitrogens with zero attached hydrogens (tertiary/aromatic N) is 2. The summed E-state index contributed by atoms with van der Waals surface area (Å²) in [7, 11) is -3.25. The predicted octanol–water partition coefficient (Wildman–Crippen LogP) is 1.75. The topological polar surface area (TPSA) is 93.2 Å². The second-order valence-corrected chi connectivity index (χ2v) is 10.5. The number of hydrogen-bond acceptors (Lipinski definition) is 6. The van der Waals surface area contributed by atoms with Crippen molar-refractivity contribution in [3.63, 3.8) is 0 Å². The van der Waals surface area contributed by atoms with E-state index in [-0.39, 0.29) is 35.6 Å². The van der Waals surface area contributed by atoms with E-state index >= 15 is 0 Å². The zero-order chi connectivity index (χ0) is 20.5. The monoisotopic (exact) mass is 414 g/mol. The summed E-state index contributed by atoms with van der Waals surface area (Å²) in [5.74, 6) is 0.549. The van der Waals surface area contributed by atoms with Gasteiger partial charge in [-0.2, -0.15) is 0 Å². The van der Waals surface area contributed by atoms with Gasteiger partial charge in [0.1, 0.15) is 5.82 Å². The molecule has 28 heavy (non-hydrogen) atoms. The molecule has 158 valence electrons. The SMILES string of the molecule is C[C@@H]1C[C@H](NS(C)(=O)=O)[C@H](CO[C@H]2CC[C@](C)(c3ncc(F)cn3)[C@@H](C)C2)N1. The molecule has 2 heterocycles. The van der Waals surface area contributed by atoms with Crippen molar-refractivity contribution in [1.82, 2.24) is 20.0 Å². The highest BCUT2D eigenvalue weighted by Gasteiger charge is 2.42. The smallest absolute Gasteiger partial charge is 0.209 e. The molecule has 9 heteroatoms. The number of nitrogens with one attached hydrogen (secondary N) is 2. The number of rotatable bonds is 6. The summed E-state index contributed by atoms with van der Waals surface area (Å²) in [5, 5.41) is 3.42. The fourth-order valence-corrected chi connectivity index (χ4v) is 5.28. The van der Waals surface area contributed by atoms with Crippen LogP contribution in [-0.4, -0.2) is 55.5 Å². The first kappa shape index (κ1) is 21.5. The number of ether oxygens (including phenoxy) is 1. The first-order valence-corrected chi connectivity index (χ1v) is 11.8. The molecular weight excluding hydrogens is 383 g/mol. The molecule has 0 bridgehead atoms. The molecule has 1 aromatic heterocycles. The van der Waals surface area contributed by atoms with E-state index in [1.807, 2.05) is 6.92 Å². The number of sulfonamides is 1. The van der Waals surface area contributed by atoms with Crippen molar-refractivity contribution >= 4 is 10.0 Å². The van der Waals surface area contributed by atoms with Gasteiger partial charge < -0.3 is 10.1 Å². The van der Waals surface area contributed by atoms with Crippen molar-refractivity contribution in [2.75, 3.05) is 12.9 Å². The van der Waals surface area contributed by atoms with Crippen LogP contribution in [0.4, 0.5) is 4.39 Å². The molecule has 1 aliphatic carbocycles. The molecule has 2 N–H and O–H groups in total. The lowest BCUT2D eigenvalue weighted by atomic mass is 9.67. The zero-order valence-corrected chi connectivity index (χ0v) is 17.8. The van der Waals surface area contributed by atoms with Crippen molar-refractivity contribution in [3.8, 4) is 0 Å². The molecular formula is C19H31FN4O3S. The van der Waals surface area contributed by atoms with Crippen LogP contribution < -0.4 is 10.0 Å². The Bertz CT molecular complexity index is 776. The zero-order valence-electron chi connectivity index (χ0n) is 17.0. The minimum Gasteiger partial charge on any atom is -0.377 e. The highest BCUT2D eigenvalue weighted by atomic mass is 32.2. The molecule has 6 atom stereocenters. The van der Waals surface area contributed by atoms with E-state index in [1.54, 1.807) is 0 Å². The molecule has 0 aromatic carbocycles. The van der Waals surface area contributed by atoms with Crippen molar-refractivity contribution in [2.45, 2.75) is 76.1 Å². The molecule has 1 aromatic rings. The quantitative estimate of drug-likeness (QED) is 0.737. The third-order valence-corrected chi connectivity index (χ3v) is 7.02. The van der Waals surface area contributed by atoms with E-state index in [9.17, 15) is 12.8 Å². The maximum absolute atomic E-state index is 13.2. The molecule has 3 rings (SSSR count). The summed E-state index contributed by atoms with van der Waals surface area (Å²) in [5.41, 5.74) is -0.200. The number of aromatic nitrogens is 2. The van der Waals surface area contributed by atoms with E-state index in [4.69, 9.17) is 4.74 Å². The van der Waals surface area contributed by atoms with Gasteiger partial charge in [-0.25, -0.2) is 27.5 Å². The van der Waals surface area contributed by atoms with Crippen LogP contribution in [0.1, 0.15) is 52.3 Å². The lowest BCUT2D eigenvalue weighted by Gasteiger charge is -2.41. The van der Waals surface area contributed by atoms with Gasteiger partial charge in [0.05, 0.1) is 31.4 Å². The largest absolute Gasteiger partial charge is 0.377 e. The summed E-state index contributed by atoms with van der Waals surface area (Å²) in [6.45, 7) is 6.81. The second-order valence-electron chi connectivity index (χ2n) is 8.68. The number of halogens is 1. The minimum absolute atomic E-state index is 0.0335. The summed E-state index contributed by atoms with van der Waals surface area (Å²) in [6, 6.07) is 0.0646. The van der Waals surface area contributed by atoms with Crippen LogP contribution in [0, 0.1) is 11.7 Å². The maximum Gasteiger partial charge on any atom is 0.209 e. The summed E-state index contributed by atoms with van der Waals surface area (Å²) in [4.78, 5) is 8.42. The van der Waals surface area contributed by atoms with E-state index in [0.717, 1.165) is 25.7 Å². The first-order chi connectivity index (χ1) is 13.1. The third-order valence-electron chi connectivity index (χ3n) is 6.29. The van der Waals surface area contributed by atoms with Crippen molar-refractivity contribution in [3.05, 3.63) is 24.0 Å². The molecule has 7 nitrogen and oxygen atoms in total. The third kappa shape index (κ3) is 5.06. The Kier molecular flexibility index (Phi) is 6.38. The second kappa shape index (κ2) is 8.30. The summed E-state index contributed by atoms with van der Waals surface area (Å²) >= 11 is 0. The fourth-order valence-electron chi connectivity index (χ4n) is 4.47. The standard InChI is InChI=1S/C19H31FN4O3S/c1-12-7-15(5-6-19(12,3)18-21-9-14(20)10-22-18)27-11-17-16(8-13(2)23-17)24-28(4,25)26/h9-10,12-13,15-17,23-24H,5-8,11H2,1-4H3/t12-,13+,15-,16-,17-,19-/m0/s1. The Morgan fingerprint density at radius 2 is 2.00 bits per heavy atom. The molecule has 0 radical (unpaired) electrons. The molecule has 2 fully saturated rings. The molecule has 0 amide bonds. The van der Waals surface area contributed by atoms with Crippen LogP contribution in [0.5, 0.6) is 0 Å². The van der Waals surface area contributed by atoms with E-state index in [2.05, 4.69) is 33.9 Å². The summed E-state index contributed by atoms with van der Waals surface area (Å²) in [6.07, 6.45) is 7.11. The van der Waals surface area contributed by atoms with E-state index in [0.29, 0.717) is 12.4 Å². The molecule has 1 saturated carbocycles. The van der Waals surface area contributed by atoms with Gasteiger partial charge in [0.15, 0.2) is 5.82 Å². The molecule has 1 aliphatic heterocycles. The minimum atomic E-state index is -3.25. The molecule has 2 aliphatic rings. The maximum atomic E-state index is 13.2. The van der Waals surface area contributed by atoms with Crippen LogP contribution in [-0.2, 0) is 20.2 Å². The average molecular weight is 415 g/mol.